The molecule has 21 heavy (non-hydrogen) atoms. The van der Waals surface area contributed by atoms with E-state index in [9.17, 15) is 4.39 Å². The van der Waals surface area contributed by atoms with Crippen LogP contribution in [-0.2, 0) is 6.54 Å². The van der Waals surface area contributed by atoms with Gasteiger partial charge in [-0.3, -0.25) is 0 Å². The van der Waals surface area contributed by atoms with Crippen molar-refractivity contribution in [3.8, 4) is 0 Å². The molecule has 2 rings (SSSR count). The molecule has 0 radical (unpaired) electrons. The summed E-state index contributed by atoms with van der Waals surface area (Å²) in [4.78, 5) is 4.47. The summed E-state index contributed by atoms with van der Waals surface area (Å²) in [6, 6.07) is 5.97. The Morgan fingerprint density at radius 3 is 2.57 bits per heavy atom. The van der Waals surface area contributed by atoms with Gasteiger partial charge in [0.15, 0.2) is 0 Å². The van der Waals surface area contributed by atoms with Crippen LogP contribution in [0.25, 0.3) is 0 Å². The molecule has 118 valence electrons. The van der Waals surface area contributed by atoms with Gasteiger partial charge in [-0.15, -0.1) is 0 Å². The number of nitrogens with one attached hydrogen (secondary N) is 1. The average molecular weight is 293 g/mol. The van der Waals surface area contributed by atoms with Crippen LogP contribution in [0.2, 0.25) is 0 Å². The highest BCUT2D eigenvalue weighted by molar-refractivity contribution is 5.50. The van der Waals surface area contributed by atoms with Gasteiger partial charge in [-0.1, -0.05) is 6.07 Å². The second-order valence-electron chi connectivity index (χ2n) is 7.19. The fraction of sp³-hybridized carbons (Fsp3) is 0.647. The van der Waals surface area contributed by atoms with Crippen molar-refractivity contribution < 1.29 is 4.39 Å². The van der Waals surface area contributed by atoms with E-state index in [1.807, 2.05) is 12.1 Å². The van der Waals surface area contributed by atoms with Crippen LogP contribution in [-0.4, -0.2) is 43.2 Å². The van der Waals surface area contributed by atoms with Crippen LogP contribution in [0.3, 0.4) is 0 Å². The highest BCUT2D eigenvalue weighted by atomic mass is 19.1. The monoisotopic (exact) mass is 293 g/mol. The molecule has 1 saturated heterocycles. The minimum atomic E-state index is -0.111. The summed E-state index contributed by atoms with van der Waals surface area (Å²) in [7, 11) is 2.12. The van der Waals surface area contributed by atoms with Crippen LogP contribution >= 0.6 is 0 Å². The summed E-state index contributed by atoms with van der Waals surface area (Å²) in [5.74, 6) is -0.111. The van der Waals surface area contributed by atoms with Crippen LogP contribution in [0.1, 0.15) is 33.3 Å². The van der Waals surface area contributed by atoms with Gasteiger partial charge >= 0.3 is 0 Å². The second kappa shape index (κ2) is 6.32. The Bertz CT molecular complexity index is 481. The number of piperazine rings is 1. The molecule has 1 aliphatic rings. The normalized spacial score (nSPS) is 20.9. The van der Waals surface area contributed by atoms with Crippen molar-refractivity contribution in [2.45, 2.75) is 45.8 Å². The van der Waals surface area contributed by atoms with E-state index in [2.05, 4.69) is 49.9 Å². The number of nitrogens with zero attached hydrogens (tertiary/aromatic N) is 2. The molecule has 3 nitrogen and oxygen atoms in total. The Balaban J connectivity index is 2.09. The van der Waals surface area contributed by atoms with Crippen molar-refractivity contribution in [1.82, 2.24) is 10.2 Å². The topological polar surface area (TPSA) is 18.5 Å². The Kier molecular flexibility index (Phi) is 4.89. The molecule has 0 bridgehead atoms. The first-order chi connectivity index (χ1) is 9.76. The van der Waals surface area contributed by atoms with E-state index in [1.165, 1.54) is 0 Å². The number of anilines is 1. The summed E-state index contributed by atoms with van der Waals surface area (Å²) < 4.78 is 14.4. The number of halogens is 1. The predicted octanol–water partition coefficient (Wildman–Crippen LogP) is 2.85. The lowest BCUT2D eigenvalue weighted by atomic mass is 10.1. The maximum Gasteiger partial charge on any atom is 0.146 e. The van der Waals surface area contributed by atoms with Gasteiger partial charge in [0.05, 0.1) is 5.69 Å². The van der Waals surface area contributed by atoms with Crippen molar-refractivity contribution in [3.05, 3.63) is 29.6 Å². The molecular weight excluding hydrogens is 265 g/mol. The molecule has 1 unspecified atom stereocenters. The third-order valence-corrected chi connectivity index (χ3v) is 3.97. The molecule has 1 aromatic rings. The zero-order valence-electron chi connectivity index (χ0n) is 13.9. The smallest absolute Gasteiger partial charge is 0.146 e. The van der Waals surface area contributed by atoms with Crippen LogP contribution in [0.4, 0.5) is 10.1 Å². The predicted molar refractivity (Wildman–Crippen MR) is 87.3 cm³/mol. The van der Waals surface area contributed by atoms with Crippen molar-refractivity contribution in [2.75, 3.05) is 31.6 Å². The molecule has 0 aliphatic carbocycles. The summed E-state index contributed by atoms with van der Waals surface area (Å²) in [5, 5.41) is 3.39. The minimum absolute atomic E-state index is 0.0428. The molecule has 1 aromatic carbocycles. The number of hydrogen-bond acceptors (Lipinski definition) is 3. The molecular formula is C17H28FN3. The number of hydrogen-bond donors (Lipinski definition) is 1. The third kappa shape index (κ3) is 4.42. The molecule has 1 aliphatic heterocycles. The average Bonchev–Trinajstić information content (AvgIpc) is 2.37. The largest absolute Gasteiger partial charge is 0.364 e. The zero-order chi connectivity index (χ0) is 15.6. The Labute approximate surface area is 128 Å². The lowest BCUT2D eigenvalue weighted by Crippen LogP contribution is -2.50. The van der Waals surface area contributed by atoms with Gasteiger partial charge in [0.25, 0.3) is 0 Å². The highest BCUT2D eigenvalue weighted by Gasteiger charge is 2.23. The molecule has 1 N–H and O–H groups in total. The van der Waals surface area contributed by atoms with Crippen LogP contribution in [0.5, 0.6) is 0 Å². The van der Waals surface area contributed by atoms with Crippen LogP contribution in [0, 0.1) is 5.82 Å². The Morgan fingerprint density at radius 1 is 1.29 bits per heavy atom. The fourth-order valence-electron chi connectivity index (χ4n) is 2.76. The van der Waals surface area contributed by atoms with Crippen molar-refractivity contribution in [3.63, 3.8) is 0 Å². The van der Waals surface area contributed by atoms with E-state index >= 15 is 0 Å². The van der Waals surface area contributed by atoms with Gasteiger partial charge in [0, 0.05) is 37.8 Å². The van der Waals surface area contributed by atoms with E-state index in [-0.39, 0.29) is 11.4 Å². The Morgan fingerprint density at radius 2 is 2.00 bits per heavy atom. The Hall–Kier alpha value is -1.13. The first-order valence-electron chi connectivity index (χ1n) is 7.75. The van der Waals surface area contributed by atoms with Crippen molar-refractivity contribution in [1.29, 1.82) is 0 Å². The molecule has 0 saturated carbocycles. The SMILES string of the molecule is CC1CN(C)CCN1c1ccc(CNC(C)(C)C)cc1F. The summed E-state index contributed by atoms with van der Waals surface area (Å²) in [6.07, 6.45) is 0. The van der Waals surface area contributed by atoms with Crippen LogP contribution in [0.15, 0.2) is 18.2 Å². The van der Waals surface area contributed by atoms with E-state index in [4.69, 9.17) is 0 Å². The zero-order valence-corrected chi connectivity index (χ0v) is 13.9. The standard InChI is InChI=1S/C17H28FN3/c1-13-12-20(5)8-9-21(13)16-7-6-14(10-15(16)18)11-19-17(2,3)4/h6-7,10,13,19H,8-9,11-12H2,1-5H3. The molecule has 0 amide bonds. The lowest BCUT2D eigenvalue weighted by molar-refractivity contribution is 0.274. The number of rotatable bonds is 3. The van der Waals surface area contributed by atoms with Crippen molar-refractivity contribution in [2.24, 2.45) is 0 Å². The van der Waals surface area contributed by atoms with E-state index in [0.29, 0.717) is 12.6 Å². The van der Waals surface area contributed by atoms with Gasteiger partial charge in [0.2, 0.25) is 0 Å². The molecule has 0 aromatic heterocycles. The van der Waals surface area contributed by atoms with Gasteiger partial charge in [-0.25, -0.2) is 4.39 Å². The second-order valence-corrected chi connectivity index (χ2v) is 7.19. The summed E-state index contributed by atoms with van der Waals surface area (Å²) >= 11 is 0. The molecule has 1 atom stereocenters. The van der Waals surface area contributed by atoms with Crippen molar-refractivity contribution >= 4 is 5.69 Å². The maximum absolute atomic E-state index is 14.4. The fourth-order valence-corrected chi connectivity index (χ4v) is 2.76. The van der Waals surface area contributed by atoms with Gasteiger partial charge < -0.3 is 15.1 Å². The number of benzene rings is 1. The van der Waals surface area contributed by atoms with Gasteiger partial charge in [-0.2, -0.15) is 0 Å². The van der Waals surface area contributed by atoms with Crippen LogP contribution < -0.4 is 10.2 Å². The first-order valence-corrected chi connectivity index (χ1v) is 7.75. The molecule has 1 fully saturated rings. The summed E-state index contributed by atoms with van der Waals surface area (Å²) in [6.45, 7) is 12.0. The summed E-state index contributed by atoms with van der Waals surface area (Å²) in [5.41, 5.74) is 1.77. The van der Waals surface area contributed by atoms with Gasteiger partial charge in [-0.05, 0) is 52.4 Å². The van der Waals surface area contributed by atoms with E-state index in [0.717, 1.165) is 30.9 Å². The maximum atomic E-state index is 14.4. The quantitative estimate of drug-likeness (QED) is 0.924. The van der Waals surface area contributed by atoms with E-state index < -0.39 is 0 Å². The van der Waals surface area contributed by atoms with Gasteiger partial charge in [0.1, 0.15) is 5.82 Å². The molecule has 1 heterocycles. The molecule has 0 spiro atoms. The molecule has 4 heteroatoms. The van der Waals surface area contributed by atoms with E-state index in [1.54, 1.807) is 6.07 Å². The number of likely N-dealkylation sites (N-methyl/N-ethyl adjacent to an activating group) is 1. The minimum Gasteiger partial charge on any atom is -0.364 e. The third-order valence-electron chi connectivity index (χ3n) is 3.97. The lowest BCUT2D eigenvalue weighted by Gasteiger charge is -2.40. The highest BCUT2D eigenvalue weighted by Crippen LogP contribution is 2.24. The first kappa shape index (κ1) is 16.2.